The lowest BCUT2D eigenvalue weighted by molar-refractivity contribution is -0.384. The van der Waals surface area contributed by atoms with Gasteiger partial charge in [0.05, 0.1) is 35.6 Å². The van der Waals surface area contributed by atoms with Crippen molar-refractivity contribution in [3.63, 3.8) is 0 Å². The zero-order valence-electron chi connectivity index (χ0n) is 18.5. The molecule has 5 rings (SSSR count). The molecule has 4 N–H and O–H groups in total. The van der Waals surface area contributed by atoms with Crippen molar-refractivity contribution in [2.75, 3.05) is 17.3 Å². The van der Waals surface area contributed by atoms with Crippen molar-refractivity contribution in [2.45, 2.75) is 24.4 Å². The Morgan fingerprint density at radius 3 is 2.63 bits per heavy atom. The van der Waals surface area contributed by atoms with Crippen LogP contribution in [0.1, 0.15) is 18.4 Å². The number of hydrogen-bond donors (Lipinski definition) is 3. The quantitative estimate of drug-likeness (QED) is 0.310. The summed E-state index contributed by atoms with van der Waals surface area (Å²) in [4.78, 5) is 64.0. The Morgan fingerprint density at radius 2 is 1.94 bits per heavy atom. The van der Waals surface area contributed by atoms with Crippen molar-refractivity contribution < 1.29 is 28.8 Å². The second-order valence-electron chi connectivity index (χ2n) is 8.69. The number of para-hydroxylation sites is 1. The number of non-ortho nitro benzene ring substituents is 1. The smallest absolute Gasteiger partial charge is 0.273 e. The number of carbonyl (C=O) groups excluding carboxylic acids is 4. The van der Waals surface area contributed by atoms with Crippen LogP contribution in [0.25, 0.3) is 0 Å². The normalized spacial score (nSPS) is 26.6. The van der Waals surface area contributed by atoms with E-state index in [0.717, 1.165) is 11.0 Å². The van der Waals surface area contributed by atoms with Crippen molar-refractivity contribution in [3.8, 4) is 5.75 Å². The minimum absolute atomic E-state index is 0.0344. The third-order valence-electron chi connectivity index (χ3n) is 6.94. The van der Waals surface area contributed by atoms with Gasteiger partial charge < -0.3 is 15.8 Å². The molecule has 4 amide bonds. The van der Waals surface area contributed by atoms with Crippen LogP contribution in [0.4, 0.5) is 17.1 Å². The summed E-state index contributed by atoms with van der Waals surface area (Å²) in [5.74, 6) is -4.42. The SMILES string of the molecule is COc1cc([N+](=O)[O-])ccc1N1C(=O)[C@@H]2[C@H](CCC(N)=O)N[C@]3(C(=O)Nc4ccccc43)[C@@H]2C1=O. The standard InChI is InChI=1S/C23H21N5O7/c1-35-16-10-11(28(33)34)6-8-15(16)27-20(30)18-14(7-9-17(24)29)26-23(19(18)21(27)31)12-4-2-3-5-13(12)25-22(23)32/h2-6,8,10,14,18-19,26H,7,9H2,1H3,(H2,24,29)(H,25,32)/t14-,18+,19-,23-/m0/s1. The maximum atomic E-state index is 13.9. The first-order valence-corrected chi connectivity index (χ1v) is 10.9. The number of nitro groups is 1. The predicted molar refractivity (Wildman–Crippen MR) is 121 cm³/mol. The molecule has 35 heavy (non-hydrogen) atoms. The van der Waals surface area contributed by atoms with Gasteiger partial charge in [0.1, 0.15) is 11.3 Å². The van der Waals surface area contributed by atoms with E-state index in [4.69, 9.17) is 10.5 Å². The monoisotopic (exact) mass is 479 g/mol. The van der Waals surface area contributed by atoms with E-state index in [2.05, 4.69) is 10.6 Å². The van der Waals surface area contributed by atoms with Gasteiger partial charge in [-0.05, 0) is 18.6 Å². The van der Waals surface area contributed by atoms with Crippen LogP contribution in [0.3, 0.4) is 0 Å². The molecule has 0 saturated carbocycles. The molecule has 3 aliphatic heterocycles. The van der Waals surface area contributed by atoms with Gasteiger partial charge in [-0.25, -0.2) is 4.90 Å². The average Bonchev–Trinajstić information content (AvgIpc) is 3.41. The number of benzene rings is 2. The third kappa shape index (κ3) is 3.10. The number of hydrogen-bond acceptors (Lipinski definition) is 8. The Morgan fingerprint density at radius 1 is 1.20 bits per heavy atom. The molecule has 0 bridgehead atoms. The van der Waals surface area contributed by atoms with Crippen molar-refractivity contribution in [1.82, 2.24) is 5.32 Å². The highest BCUT2D eigenvalue weighted by Gasteiger charge is 2.70. The van der Waals surface area contributed by atoms with E-state index in [9.17, 15) is 29.3 Å². The number of fused-ring (bicyclic) bond motifs is 4. The molecule has 0 aliphatic carbocycles. The van der Waals surface area contributed by atoms with E-state index in [1.807, 2.05) is 0 Å². The number of imide groups is 1. The topological polar surface area (TPSA) is 174 Å². The van der Waals surface area contributed by atoms with Crippen LogP contribution in [0, 0.1) is 22.0 Å². The van der Waals surface area contributed by atoms with Crippen LogP contribution in [0.5, 0.6) is 5.75 Å². The zero-order valence-corrected chi connectivity index (χ0v) is 18.5. The summed E-state index contributed by atoms with van der Waals surface area (Å²) in [7, 11) is 1.27. The number of anilines is 2. The van der Waals surface area contributed by atoms with Crippen LogP contribution in [-0.2, 0) is 24.7 Å². The Balaban J connectivity index is 1.64. The highest BCUT2D eigenvalue weighted by molar-refractivity contribution is 6.26. The Labute approximate surface area is 198 Å². The summed E-state index contributed by atoms with van der Waals surface area (Å²) in [6.07, 6.45) is 0.0838. The second-order valence-corrected chi connectivity index (χ2v) is 8.69. The number of carbonyl (C=O) groups is 4. The second kappa shape index (κ2) is 7.87. The lowest BCUT2D eigenvalue weighted by atomic mass is 9.76. The maximum Gasteiger partial charge on any atom is 0.273 e. The zero-order chi connectivity index (χ0) is 25.1. The van der Waals surface area contributed by atoms with Gasteiger partial charge in [0.2, 0.25) is 23.6 Å². The van der Waals surface area contributed by atoms with Crippen molar-refractivity contribution in [2.24, 2.45) is 17.6 Å². The van der Waals surface area contributed by atoms with Crippen molar-refractivity contribution in [1.29, 1.82) is 0 Å². The van der Waals surface area contributed by atoms with Gasteiger partial charge in [-0.2, -0.15) is 0 Å². The van der Waals surface area contributed by atoms with Gasteiger partial charge in [-0.15, -0.1) is 0 Å². The number of nitro benzene ring substituents is 1. The molecule has 0 radical (unpaired) electrons. The molecule has 0 unspecified atom stereocenters. The Kier molecular flexibility index (Phi) is 5.06. The van der Waals surface area contributed by atoms with Gasteiger partial charge >= 0.3 is 0 Å². The summed E-state index contributed by atoms with van der Waals surface area (Å²) in [5.41, 5.74) is 4.62. The van der Waals surface area contributed by atoms with Crippen molar-refractivity contribution in [3.05, 3.63) is 58.1 Å². The Hall–Kier alpha value is -4.32. The molecule has 2 saturated heterocycles. The first-order valence-electron chi connectivity index (χ1n) is 10.9. The largest absolute Gasteiger partial charge is 0.494 e. The first kappa shape index (κ1) is 22.5. The number of nitrogens with zero attached hydrogens (tertiary/aromatic N) is 2. The highest BCUT2D eigenvalue weighted by atomic mass is 16.6. The highest BCUT2D eigenvalue weighted by Crippen LogP contribution is 2.54. The average molecular weight is 479 g/mol. The number of primary amides is 1. The van der Waals surface area contributed by atoms with Crippen LogP contribution >= 0.6 is 0 Å². The third-order valence-corrected chi connectivity index (χ3v) is 6.94. The summed E-state index contributed by atoms with van der Waals surface area (Å²) in [6, 6.07) is 9.75. The van der Waals surface area contributed by atoms with E-state index in [1.54, 1.807) is 24.3 Å². The first-order chi connectivity index (χ1) is 16.7. The van der Waals surface area contributed by atoms with Crippen LogP contribution in [0.2, 0.25) is 0 Å². The summed E-state index contributed by atoms with van der Waals surface area (Å²) >= 11 is 0. The van der Waals surface area contributed by atoms with E-state index < -0.39 is 52.0 Å². The van der Waals surface area contributed by atoms with Crippen LogP contribution < -0.4 is 26.0 Å². The molecule has 12 heteroatoms. The van der Waals surface area contributed by atoms with Crippen LogP contribution in [-0.4, -0.2) is 41.7 Å². The number of nitrogens with one attached hydrogen (secondary N) is 2. The maximum absolute atomic E-state index is 13.9. The molecular formula is C23H21N5O7. The fraction of sp³-hybridized carbons (Fsp3) is 0.304. The number of methoxy groups -OCH3 is 1. The molecule has 3 heterocycles. The van der Waals surface area contributed by atoms with Gasteiger partial charge in [0, 0.05) is 29.8 Å². The summed E-state index contributed by atoms with van der Waals surface area (Å²) in [6.45, 7) is 0. The van der Waals surface area contributed by atoms with E-state index in [-0.39, 0.29) is 30.0 Å². The van der Waals surface area contributed by atoms with E-state index in [0.29, 0.717) is 11.3 Å². The van der Waals surface area contributed by atoms with E-state index >= 15 is 0 Å². The fourth-order valence-corrected chi connectivity index (χ4v) is 5.51. The number of amides is 4. The lowest BCUT2D eigenvalue weighted by Crippen LogP contribution is -2.53. The van der Waals surface area contributed by atoms with E-state index in [1.165, 1.54) is 19.2 Å². The van der Waals surface area contributed by atoms with Crippen molar-refractivity contribution >= 4 is 40.7 Å². The molecule has 2 aromatic rings. The molecule has 1 spiro atoms. The van der Waals surface area contributed by atoms with Gasteiger partial charge in [0.15, 0.2) is 0 Å². The Bertz CT molecular complexity index is 1310. The number of ether oxygens (including phenoxy) is 1. The molecule has 3 aliphatic rings. The molecule has 4 atom stereocenters. The molecule has 12 nitrogen and oxygen atoms in total. The molecule has 0 aromatic heterocycles. The fourth-order valence-electron chi connectivity index (χ4n) is 5.51. The predicted octanol–water partition coefficient (Wildman–Crippen LogP) is 0.794. The lowest BCUT2D eigenvalue weighted by Gasteiger charge is -2.29. The van der Waals surface area contributed by atoms with Gasteiger partial charge in [-0.3, -0.25) is 34.6 Å². The van der Waals surface area contributed by atoms with Gasteiger partial charge in [-0.1, -0.05) is 18.2 Å². The molecular weight excluding hydrogens is 458 g/mol. The van der Waals surface area contributed by atoms with Gasteiger partial charge in [0.25, 0.3) is 5.69 Å². The van der Waals surface area contributed by atoms with Crippen LogP contribution in [0.15, 0.2) is 42.5 Å². The minimum Gasteiger partial charge on any atom is -0.494 e. The summed E-state index contributed by atoms with van der Waals surface area (Å²) in [5, 5.41) is 17.2. The molecule has 2 aromatic carbocycles. The minimum atomic E-state index is -1.53. The number of rotatable bonds is 6. The summed E-state index contributed by atoms with van der Waals surface area (Å²) < 4.78 is 5.26. The molecule has 180 valence electrons. The molecule has 2 fully saturated rings. The number of nitrogens with two attached hydrogens (primary N) is 1.